The van der Waals surface area contributed by atoms with Gasteiger partial charge in [-0.3, -0.25) is 0 Å². The van der Waals surface area contributed by atoms with Crippen molar-refractivity contribution in [2.45, 2.75) is 27.2 Å². The fourth-order valence-corrected chi connectivity index (χ4v) is 0.880. The molecular weight excluding hydrogens is 147 g/mol. The summed E-state index contributed by atoms with van der Waals surface area (Å²) in [5.74, 6) is 0. The maximum Gasteiger partial charge on any atom is 0.304 e. The first-order valence-corrected chi connectivity index (χ1v) is 4.55. The van der Waals surface area contributed by atoms with Gasteiger partial charge in [-0.05, 0) is 12.0 Å². The number of rotatable bonds is 2. The van der Waals surface area contributed by atoms with Crippen molar-refractivity contribution in [2.75, 3.05) is 0 Å². The largest absolute Gasteiger partial charge is 0.449 e. The average molecular weight is 164 g/mol. The molecule has 0 fully saturated rings. The predicted octanol–water partition coefficient (Wildman–Crippen LogP) is 1.24. The van der Waals surface area contributed by atoms with Crippen molar-refractivity contribution in [3.05, 3.63) is 29.8 Å². The molecule has 0 spiro atoms. The molecule has 0 aliphatic carbocycles. The van der Waals surface area contributed by atoms with Crippen LogP contribution in [0.25, 0.3) is 0 Å². The Bertz CT molecular complexity index is 170. The van der Waals surface area contributed by atoms with E-state index in [4.69, 9.17) is 5.02 Å². The molecule has 1 rings (SSSR count). The lowest BCUT2D eigenvalue weighted by Crippen LogP contribution is -2.12. The normalized spacial score (nSPS) is 8.33. The van der Waals surface area contributed by atoms with Crippen LogP contribution in [0.15, 0.2) is 24.3 Å². The lowest BCUT2D eigenvalue weighted by molar-refractivity contribution is 0.615. The summed E-state index contributed by atoms with van der Waals surface area (Å²) in [4.78, 5) is 0. The Hall–Kier alpha value is -0.755. The first kappa shape index (κ1) is 11.2. The third-order valence-electron chi connectivity index (χ3n) is 1.61. The molecule has 0 heterocycles. The van der Waals surface area contributed by atoms with Gasteiger partial charge < -0.3 is 5.02 Å². The molecule has 0 saturated carbocycles. The van der Waals surface area contributed by atoms with Gasteiger partial charge in [-0.15, -0.1) is 0 Å². The fraction of sp³-hybridized carbons (Fsp3) is 0.400. The van der Waals surface area contributed by atoms with Crippen LogP contribution in [0.1, 0.15) is 26.3 Å². The van der Waals surface area contributed by atoms with Gasteiger partial charge in [0.2, 0.25) is 0 Å². The maximum atomic E-state index is 8.70. The van der Waals surface area contributed by atoms with E-state index < -0.39 is 0 Å². The summed E-state index contributed by atoms with van der Waals surface area (Å²) in [6, 6.07) is 8.01. The van der Waals surface area contributed by atoms with Gasteiger partial charge in [-0.25, -0.2) is 0 Å². The Kier molecular flexibility index (Phi) is 6.49. The van der Waals surface area contributed by atoms with E-state index in [9.17, 15) is 0 Å². The van der Waals surface area contributed by atoms with Gasteiger partial charge >= 0.3 is 7.48 Å². The second-order valence-electron chi connectivity index (χ2n) is 2.33. The molecule has 12 heavy (non-hydrogen) atoms. The quantitative estimate of drug-likeness (QED) is 0.652. The molecule has 0 saturated heterocycles. The summed E-state index contributed by atoms with van der Waals surface area (Å²) in [5, 5.41) is 8.70. The van der Waals surface area contributed by atoms with Crippen LogP contribution in [-0.2, 0) is 6.42 Å². The Balaban J connectivity index is 0.000000561. The van der Waals surface area contributed by atoms with E-state index in [-0.39, 0.29) is 7.48 Å². The first-order valence-electron chi connectivity index (χ1n) is 4.55. The summed E-state index contributed by atoms with van der Waals surface area (Å²) in [6.45, 7) is 6.12. The van der Waals surface area contributed by atoms with Crippen LogP contribution in [0, 0.1) is 0 Å². The van der Waals surface area contributed by atoms with Crippen LogP contribution in [-0.4, -0.2) is 12.5 Å². The highest BCUT2D eigenvalue weighted by Crippen LogP contribution is 1.95. The topological polar surface area (TPSA) is 20.2 Å². The van der Waals surface area contributed by atoms with Gasteiger partial charge in [-0.1, -0.05) is 50.5 Å². The monoisotopic (exact) mass is 164 g/mol. The van der Waals surface area contributed by atoms with Gasteiger partial charge in [-0.2, -0.15) is 0 Å². The molecule has 0 radical (unpaired) electrons. The first-order chi connectivity index (χ1) is 5.86. The average Bonchev–Trinajstić information content (AvgIpc) is 2.21. The summed E-state index contributed by atoms with van der Waals surface area (Å²) in [5.41, 5.74) is 2.30. The van der Waals surface area contributed by atoms with Gasteiger partial charge in [0.15, 0.2) is 0 Å². The number of aryl methyl sites for hydroxylation is 1. The minimum absolute atomic E-state index is 0.143. The van der Waals surface area contributed by atoms with Gasteiger partial charge in [0, 0.05) is 0 Å². The zero-order valence-corrected chi connectivity index (χ0v) is 8.17. The molecule has 1 aromatic rings. The highest BCUT2D eigenvalue weighted by atomic mass is 16.2. The summed E-state index contributed by atoms with van der Waals surface area (Å²) in [7, 11) is 0.143. The number of benzene rings is 1. The Morgan fingerprint density at radius 2 is 1.67 bits per heavy atom. The molecule has 66 valence electrons. The minimum Gasteiger partial charge on any atom is -0.449 e. The van der Waals surface area contributed by atoms with E-state index in [1.54, 1.807) is 0 Å². The summed E-state index contributed by atoms with van der Waals surface area (Å²) >= 11 is 0. The van der Waals surface area contributed by atoms with Crippen molar-refractivity contribution in [2.24, 2.45) is 0 Å². The summed E-state index contributed by atoms with van der Waals surface area (Å²) < 4.78 is 0. The molecule has 1 aromatic carbocycles. The van der Waals surface area contributed by atoms with E-state index >= 15 is 0 Å². The second-order valence-corrected chi connectivity index (χ2v) is 2.33. The fourth-order valence-electron chi connectivity index (χ4n) is 0.880. The van der Waals surface area contributed by atoms with E-state index in [1.807, 2.05) is 38.1 Å². The molecule has 0 bridgehead atoms. The number of hydrogen-bond donors (Lipinski definition) is 1. The van der Waals surface area contributed by atoms with Crippen molar-refractivity contribution >= 4 is 12.9 Å². The van der Waals surface area contributed by atoms with Gasteiger partial charge in [0.1, 0.15) is 0 Å². The van der Waals surface area contributed by atoms with Crippen LogP contribution in [0.4, 0.5) is 0 Å². The molecule has 0 amide bonds. The van der Waals surface area contributed by atoms with Crippen LogP contribution in [0.3, 0.4) is 0 Å². The molecular formula is C10H17BO. The third-order valence-corrected chi connectivity index (χ3v) is 1.61. The zero-order valence-electron chi connectivity index (χ0n) is 8.17. The second kappa shape index (κ2) is 6.92. The van der Waals surface area contributed by atoms with E-state index in [0.717, 1.165) is 11.9 Å². The highest BCUT2D eigenvalue weighted by Gasteiger charge is 1.91. The molecule has 2 heteroatoms. The van der Waals surface area contributed by atoms with Crippen molar-refractivity contribution in [1.29, 1.82) is 0 Å². The Morgan fingerprint density at radius 1 is 1.17 bits per heavy atom. The van der Waals surface area contributed by atoms with Crippen LogP contribution >= 0.6 is 0 Å². The smallest absolute Gasteiger partial charge is 0.304 e. The van der Waals surface area contributed by atoms with Crippen molar-refractivity contribution in [3.8, 4) is 0 Å². The van der Waals surface area contributed by atoms with E-state index in [1.165, 1.54) is 5.56 Å². The molecule has 1 nitrogen and oxygen atoms in total. The molecule has 0 aromatic heterocycles. The summed E-state index contributed by atoms with van der Waals surface area (Å²) in [6.07, 6.45) is 1.06. The molecule has 1 N–H and O–H groups in total. The Morgan fingerprint density at radius 3 is 2.00 bits per heavy atom. The number of hydrogen-bond acceptors (Lipinski definition) is 1. The molecule has 0 atom stereocenters. The van der Waals surface area contributed by atoms with Crippen LogP contribution in [0.2, 0.25) is 0 Å². The maximum absolute atomic E-state index is 8.70. The standard InChI is InChI=1S/C8H11BO.C2H6/c1-2-7-3-5-8(9-10)6-4-7;1-2/h3-6,9-10H,2H2,1H3;1-2H3. The SMILES string of the molecule is CC.CCc1ccc(BO)cc1. The zero-order chi connectivity index (χ0) is 9.40. The van der Waals surface area contributed by atoms with E-state index in [0.29, 0.717) is 0 Å². The van der Waals surface area contributed by atoms with Crippen molar-refractivity contribution < 1.29 is 5.02 Å². The minimum atomic E-state index is 0.143. The molecule has 0 aliphatic rings. The predicted molar refractivity (Wildman–Crippen MR) is 56.2 cm³/mol. The van der Waals surface area contributed by atoms with Gasteiger partial charge in [0.05, 0.1) is 0 Å². The van der Waals surface area contributed by atoms with Crippen LogP contribution < -0.4 is 5.46 Å². The lowest BCUT2D eigenvalue weighted by Gasteiger charge is -1.96. The molecule has 0 unspecified atom stereocenters. The van der Waals surface area contributed by atoms with Gasteiger partial charge in [0.25, 0.3) is 0 Å². The Labute approximate surface area is 75.7 Å². The van der Waals surface area contributed by atoms with Crippen molar-refractivity contribution in [1.82, 2.24) is 0 Å². The van der Waals surface area contributed by atoms with Crippen molar-refractivity contribution in [3.63, 3.8) is 0 Å². The third kappa shape index (κ3) is 3.58. The molecule has 0 aliphatic heterocycles. The van der Waals surface area contributed by atoms with E-state index in [2.05, 4.69) is 6.92 Å². The lowest BCUT2D eigenvalue weighted by atomic mass is 9.88. The highest BCUT2D eigenvalue weighted by molar-refractivity contribution is 6.45. The van der Waals surface area contributed by atoms with Crippen LogP contribution in [0.5, 0.6) is 0 Å².